The Hall–Kier alpha value is 0.140. The first kappa shape index (κ1) is 10.7. The van der Waals surface area contributed by atoms with Gasteiger partial charge in [0.25, 0.3) is 0 Å². The normalized spacial score (nSPS) is 19.1. The minimum atomic E-state index is -0.571. The predicted molar refractivity (Wildman–Crippen MR) is 64.3 cm³/mol. The van der Waals surface area contributed by atoms with Gasteiger partial charge in [0.2, 0.25) is 0 Å². The Balaban J connectivity index is 2.45. The first-order valence-electron chi connectivity index (χ1n) is 4.71. The summed E-state index contributed by atoms with van der Waals surface area (Å²) in [7, 11) is 0. The SMILES string of the molecule is Cc1c(Br)cc(C2(O)CCC2)cc1Br. The predicted octanol–water partition coefficient (Wildman–Crippen LogP) is 3.89. The maximum atomic E-state index is 10.2. The summed E-state index contributed by atoms with van der Waals surface area (Å²) in [4.78, 5) is 0. The first-order valence-corrected chi connectivity index (χ1v) is 6.30. The maximum Gasteiger partial charge on any atom is 0.0897 e. The molecular weight excluding hydrogens is 308 g/mol. The largest absolute Gasteiger partial charge is 0.385 e. The summed E-state index contributed by atoms with van der Waals surface area (Å²) < 4.78 is 2.12. The lowest BCUT2D eigenvalue weighted by atomic mass is 9.75. The molecule has 0 bridgehead atoms. The zero-order valence-electron chi connectivity index (χ0n) is 7.98. The summed E-state index contributed by atoms with van der Waals surface area (Å²) in [5.74, 6) is 0. The van der Waals surface area contributed by atoms with Crippen LogP contribution < -0.4 is 0 Å². The number of hydrogen-bond acceptors (Lipinski definition) is 1. The van der Waals surface area contributed by atoms with Gasteiger partial charge in [-0.1, -0.05) is 31.9 Å². The molecule has 14 heavy (non-hydrogen) atoms. The van der Waals surface area contributed by atoms with Crippen molar-refractivity contribution in [1.82, 2.24) is 0 Å². The Kier molecular flexibility index (Phi) is 2.75. The van der Waals surface area contributed by atoms with Gasteiger partial charge in [0.05, 0.1) is 5.60 Å². The molecule has 1 N–H and O–H groups in total. The standard InChI is InChI=1S/C11H12Br2O/c1-7-9(12)5-8(6-10(7)13)11(14)3-2-4-11/h5-6,14H,2-4H2,1H3. The Morgan fingerprint density at radius 1 is 1.21 bits per heavy atom. The van der Waals surface area contributed by atoms with Crippen LogP contribution in [0.5, 0.6) is 0 Å². The summed E-state index contributed by atoms with van der Waals surface area (Å²) in [5, 5.41) is 10.2. The van der Waals surface area contributed by atoms with E-state index in [4.69, 9.17) is 0 Å². The molecule has 1 aliphatic carbocycles. The molecule has 0 spiro atoms. The summed E-state index contributed by atoms with van der Waals surface area (Å²) in [6, 6.07) is 4.05. The van der Waals surface area contributed by atoms with Crippen molar-refractivity contribution in [3.8, 4) is 0 Å². The van der Waals surface area contributed by atoms with E-state index in [1.807, 2.05) is 19.1 Å². The number of hydrogen-bond donors (Lipinski definition) is 1. The summed E-state index contributed by atoms with van der Waals surface area (Å²) in [6.45, 7) is 2.04. The van der Waals surface area contributed by atoms with E-state index in [0.29, 0.717) is 0 Å². The molecular formula is C11H12Br2O. The molecule has 76 valence electrons. The molecule has 1 nitrogen and oxygen atoms in total. The van der Waals surface area contributed by atoms with E-state index in [2.05, 4.69) is 31.9 Å². The van der Waals surface area contributed by atoms with E-state index in [1.165, 1.54) is 5.56 Å². The molecule has 0 atom stereocenters. The van der Waals surface area contributed by atoms with Crippen LogP contribution in [0.2, 0.25) is 0 Å². The fraction of sp³-hybridized carbons (Fsp3) is 0.455. The Bertz CT molecular complexity index is 347. The zero-order chi connectivity index (χ0) is 10.3. The highest BCUT2D eigenvalue weighted by Crippen LogP contribution is 2.43. The number of halogens is 2. The highest BCUT2D eigenvalue weighted by molar-refractivity contribution is 9.11. The van der Waals surface area contributed by atoms with Crippen LogP contribution in [-0.2, 0) is 5.60 Å². The van der Waals surface area contributed by atoms with Crippen LogP contribution in [0.3, 0.4) is 0 Å². The van der Waals surface area contributed by atoms with Crippen molar-refractivity contribution < 1.29 is 5.11 Å². The van der Waals surface area contributed by atoms with E-state index in [0.717, 1.165) is 33.8 Å². The number of rotatable bonds is 1. The van der Waals surface area contributed by atoms with Gasteiger partial charge in [-0.25, -0.2) is 0 Å². The van der Waals surface area contributed by atoms with Crippen LogP contribution in [0.25, 0.3) is 0 Å². The third-order valence-corrected chi connectivity index (χ3v) is 4.65. The molecule has 3 heteroatoms. The monoisotopic (exact) mass is 318 g/mol. The lowest BCUT2D eigenvalue weighted by molar-refractivity contribution is -0.0388. The van der Waals surface area contributed by atoms with Crippen molar-refractivity contribution in [1.29, 1.82) is 0 Å². The molecule has 0 aliphatic heterocycles. The molecule has 2 rings (SSSR count). The van der Waals surface area contributed by atoms with Crippen molar-refractivity contribution >= 4 is 31.9 Å². The van der Waals surface area contributed by atoms with Gasteiger partial charge in [0.1, 0.15) is 0 Å². The molecule has 1 aromatic rings. The summed E-state index contributed by atoms with van der Waals surface area (Å²) in [5.41, 5.74) is 1.63. The van der Waals surface area contributed by atoms with Crippen LogP contribution in [0, 0.1) is 6.92 Å². The van der Waals surface area contributed by atoms with E-state index in [-0.39, 0.29) is 0 Å². The third kappa shape index (κ3) is 1.66. The Labute approximate surface area is 101 Å². The van der Waals surface area contributed by atoms with Crippen LogP contribution in [0.15, 0.2) is 21.1 Å². The average Bonchev–Trinajstić information content (AvgIpc) is 2.09. The van der Waals surface area contributed by atoms with E-state index >= 15 is 0 Å². The highest BCUT2D eigenvalue weighted by atomic mass is 79.9. The zero-order valence-corrected chi connectivity index (χ0v) is 11.2. The van der Waals surface area contributed by atoms with Gasteiger partial charge in [0, 0.05) is 8.95 Å². The van der Waals surface area contributed by atoms with Crippen LogP contribution in [-0.4, -0.2) is 5.11 Å². The fourth-order valence-corrected chi connectivity index (χ4v) is 2.90. The second-order valence-corrected chi connectivity index (χ2v) is 5.66. The van der Waals surface area contributed by atoms with E-state index in [1.54, 1.807) is 0 Å². The second-order valence-electron chi connectivity index (χ2n) is 3.95. The molecule has 1 saturated carbocycles. The molecule has 1 aromatic carbocycles. The van der Waals surface area contributed by atoms with E-state index < -0.39 is 5.60 Å². The topological polar surface area (TPSA) is 20.2 Å². The third-order valence-electron chi connectivity index (χ3n) is 3.00. The van der Waals surface area contributed by atoms with Gasteiger partial charge in [-0.2, -0.15) is 0 Å². The van der Waals surface area contributed by atoms with Crippen LogP contribution in [0.1, 0.15) is 30.4 Å². The molecule has 0 aromatic heterocycles. The fourth-order valence-electron chi connectivity index (χ4n) is 1.71. The van der Waals surface area contributed by atoms with Gasteiger partial charge >= 0.3 is 0 Å². The van der Waals surface area contributed by atoms with Crippen molar-refractivity contribution in [2.24, 2.45) is 0 Å². The molecule has 0 radical (unpaired) electrons. The smallest absolute Gasteiger partial charge is 0.0897 e. The molecule has 0 heterocycles. The lowest BCUT2D eigenvalue weighted by Gasteiger charge is -2.37. The van der Waals surface area contributed by atoms with Gasteiger partial charge in [0.15, 0.2) is 0 Å². The van der Waals surface area contributed by atoms with Crippen molar-refractivity contribution in [3.05, 3.63) is 32.2 Å². The molecule has 1 aliphatic rings. The first-order chi connectivity index (χ1) is 6.53. The number of benzene rings is 1. The van der Waals surface area contributed by atoms with Crippen molar-refractivity contribution in [2.75, 3.05) is 0 Å². The quantitative estimate of drug-likeness (QED) is 0.832. The maximum absolute atomic E-state index is 10.2. The summed E-state index contributed by atoms with van der Waals surface area (Å²) >= 11 is 7.00. The Morgan fingerprint density at radius 2 is 1.71 bits per heavy atom. The molecule has 0 saturated heterocycles. The Morgan fingerprint density at radius 3 is 2.07 bits per heavy atom. The number of aliphatic hydroxyl groups is 1. The van der Waals surface area contributed by atoms with Crippen LogP contribution >= 0.6 is 31.9 Å². The highest BCUT2D eigenvalue weighted by Gasteiger charge is 2.36. The van der Waals surface area contributed by atoms with Gasteiger partial charge < -0.3 is 5.11 Å². The molecule has 1 fully saturated rings. The summed E-state index contributed by atoms with van der Waals surface area (Å²) in [6.07, 6.45) is 2.89. The molecule has 0 amide bonds. The van der Waals surface area contributed by atoms with Gasteiger partial charge in [-0.15, -0.1) is 0 Å². The van der Waals surface area contributed by atoms with Crippen LogP contribution in [0.4, 0.5) is 0 Å². The minimum Gasteiger partial charge on any atom is -0.385 e. The molecule has 0 unspecified atom stereocenters. The van der Waals surface area contributed by atoms with Crippen molar-refractivity contribution in [2.45, 2.75) is 31.8 Å². The minimum absolute atomic E-state index is 0.571. The average molecular weight is 320 g/mol. The van der Waals surface area contributed by atoms with Gasteiger partial charge in [-0.3, -0.25) is 0 Å². The van der Waals surface area contributed by atoms with E-state index in [9.17, 15) is 5.11 Å². The second kappa shape index (κ2) is 3.62. The van der Waals surface area contributed by atoms with Crippen molar-refractivity contribution in [3.63, 3.8) is 0 Å². The van der Waals surface area contributed by atoms with Gasteiger partial charge in [-0.05, 0) is 49.4 Å². The lowest BCUT2D eigenvalue weighted by Crippen LogP contribution is -2.33.